The van der Waals surface area contributed by atoms with Gasteiger partial charge in [0.15, 0.2) is 0 Å². The van der Waals surface area contributed by atoms with Gasteiger partial charge in [-0.25, -0.2) is 9.59 Å². The van der Waals surface area contributed by atoms with Gasteiger partial charge in [-0.3, -0.25) is 0 Å². The van der Waals surface area contributed by atoms with Crippen LogP contribution in [0.15, 0.2) is 42.5 Å². The van der Waals surface area contributed by atoms with Crippen LogP contribution in [0.25, 0.3) is 31.6 Å². The maximum absolute atomic E-state index is 12.7. The normalized spacial score (nSPS) is 13.6. The Balaban J connectivity index is 1.71. The number of hydrogen-bond acceptors (Lipinski definition) is 6. The molecule has 1 fully saturated rings. The van der Waals surface area contributed by atoms with Crippen molar-refractivity contribution < 1.29 is 19.1 Å². The first-order valence-corrected chi connectivity index (χ1v) is 10.4. The lowest BCUT2D eigenvalue weighted by Gasteiger charge is -2.10. The van der Waals surface area contributed by atoms with Gasteiger partial charge in [0.1, 0.15) is 17.0 Å². The Morgan fingerprint density at radius 2 is 2.03 bits per heavy atom. The Kier molecular flexibility index (Phi) is 4.43. The predicted octanol–water partition coefficient (Wildman–Crippen LogP) is 4.42. The van der Waals surface area contributed by atoms with E-state index >= 15 is 0 Å². The fourth-order valence-electron chi connectivity index (χ4n) is 3.55. The third-order valence-electron chi connectivity index (χ3n) is 5.24. The first-order valence-electron chi connectivity index (χ1n) is 9.62. The van der Waals surface area contributed by atoms with E-state index in [1.807, 2.05) is 30.3 Å². The highest BCUT2D eigenvalue weighted by atomic mass is 32.1. The van der Waals surface area contributed by atoms with E-state index in [-0.39, 0.29) is 0 Å². The molecule has 30 heavy (non-hydrogen) atoms. The molecule has 0 bridgehead atoms. The van der Waals surface area contributed by atoms with E-state index in [1.54, 1.807) is 23.5 Å². The smallest absolute Gasteiger partial charge is 0.341 e. The van der Waals surface area contributed by atoms with Crippen LogP contribution in [0, 0.1) is 5.92 Å². The Hall–Kier alpha value is -3.39. The highest BCUT2D eigenvalue weighted by Gasteiger charge is 2.27. The number of rotatable bonds is 5. The van der Waals surface area contributed by atoms with Crippen molar-refractivity contribution in [1.29, 1.82) is 0 Å². The number of aromatic nitrogens is 2. The van der Waals surface area contributed by atoms with Crippen molar-refractivity contribution in [3.63, 3.8) is 0 Å². The zero-order valence-corrected chi connectivity index (χ0v) is 17.1. The molecule has 5 rings (SSSR count). The molecule has 2 aromatic heterocycles. The molecule has 0 saturated heterocycles. The number of carbonyl (C=O) groups excluding carboxylic acids is 2. The summed E-state index contributed by atoms with van der Waals surface area (Å²) in [6, 6.07) is 12.5. The van der Waals surface area contributed by atoms with Crippen molar-refractivity contribution in [2.45, 2.75) is 12.8 Å². The molecule has 152 valence electrons. The monoisotopic (exact) mass is 421 g/mol. The maximum Gasteiger partial charge on any atom is 0.341 e. The van der Waals surface area contributed by atoms with Crippen LogP contribution in [0.4, 0.5) is 4.79 Å². The number of methoxy groups -OCH3 is 1. The van der Waals surface area contributed by atoms with Crippen molar-refractivity contribution in [2.75, 3.05) is 13.7 Å². The number of fused-ring (bicyclic) bond motifs is 2. The van der Waals surface area contributed by atoms with E-state index in [9.17, 15) is 9.59 Å². The minimum atomic E-state index is -0.710. The topological polar surface area (TPSA) is 96.4 Å². The number of nitrogens with zero attached hydrogens (tertiary/aromatic N) is 2. The summed E-state index contributed by atoms with van der Waals surface area (Å²) >= 11 is 1.55. The molecule has 2 aromatic carbocycles. The molecule has 4 aromatic rings. The van der Waals surface area contributed by atoms with Crippen molar-refractivity contribution >= 4 is 44.3 Å². The molecule has 0 radical (unpaired) electrons. The van der Waals surface area contributed by atoms with Crippen molar-refractivity contribution in [3.05, 3.63) is 48.0 Å². The molecule has 0 aliphatic heterocycles. The lowest BCUT2D eigenvalue weighted by Crippen LogP contribution is -2.20. The standard InChI is InChI=1S/C22H19N3O4S/c1-28-20-14(21(26)29-11-12-6-7-12)8-9-15-18(20)19(24-25(15)22(23)27)17-10-13-4-2-3-5-16(13)30-17/h2-5,8-10,12H,6-7,11H2,1H3,(H2,23,27). The average Bonchev–Trinajstić information content (AvgIpc) is 3.34. The first-order chi connectivity index (χ1) is 14.6. The SMILES string of the molecule is COc1c(C(=O)OCC2CC2)ccc2c1c(-c1cc3ccccc3s1)nn2C(N)=O. The van der Waals surface area contributed by atoms with Crippen LogP contribution in [0.3, 0.4) is 0 Å². The van der Waals surface area contributed by atoms with Crippen LogP contribution < -0.4 is 10.5 Å². The predicted molar refractivity (Wildman–Crippen MR) is 115 cm³/mol. The Bertz CT molecular complexity index is 1270. The fourth-order valence-corrected chi connectivity index (χ4v) is 4.60. The highest BCUT2D eigenvalue weighted by Crippen LogP contribution is 2.41. The summed E-state index contributed by atoms with van der Waals surface area (Å²) in [5.41, 5.74) is 6.88. The van der Waals surface area contributed by atoms with Crippen molar-refractivity contribution in [3.8, 4) is 16.3 Å². The fraction of sp³-hybridized carbons (Fsp3) is 0.227. The van der Waals surface area contributed by atoms with Gasteiger partial charge < -0.3 is 15.2 Å². The number of nitrogens with two attached hydrogens (primary N) is 1. The van der Waals surface area contributed by atoms with Gasteiger partial charge in [-0.15, -0.1) is 11.3 Å². The maximum atomic E-state index is 12.7. The van der Waals surface area contributed by atoms with Gasteiger partial charge in [0, 0.05) is 4.70 Å². The molecule has 0 unspecified atom stereocenters. The molecule has 1 saturated carbocycles. The number of carbonyl (C=O) groups is 2. The van der Waals surface area contributed by atoms with Crippen LogP contribution >= 0.6 is 11.3 Å². The van der Waals surface area contributed by atoms with Gasteiger partial charge >= 0.3 is 12.0 Å². The van der Waals surface area contributed by atoms with Gasteiger partial charge in [-0.1, -0.05) is 18.2 Å². The number of hydrogen-bond donors (Lipinski definition) is 1. The molecular weight excluding hydrogens is 402 g/mol. The molecule has 1 amide bonds. The molecule has 1 aliphatic rings. The molecule has 2 heterocycles. The minimum absolute atomic E-state index is 0.303. The van der Waals surface area contributed by atoms with E-state index in [4.69, 9.17) is 15.2 Å². The Morgan fingerprint density at radius 1 is 1.23 bits per heavy atom. The van der Waals surface area contributed by atoms with Crippen LogP contribution in [0.1, 0.15) is 23.2 Å². The number of amides is 1. The van der Waals surface area contributed by atoms with Crippen LogP contribution in [0.2, 0.25) is 0 Å². The number of thiophene rings is 1. The summed E-state index contributed by atoms with van der Waals surface area (Å²) in [5, 5.41) is 6.09. The minimum Gasteiger partial charge on any atom is -0.495 e. The first kappa shape index (κ1) is 18.6. The van der Waals surface area contributed by atoms with Gasteiger partial charge in [0.05, 0.1) is 29.5 Å². The van der Waals surface area contributed by atoms with Crippen LogP contribution in [-0.2, 0) is 4.74 Å². The third kappa shape index (κ3) is 3.09. The van der Waals surface area contributed by atoms with Crippen LogP contribution in [-0.4, -0.2) is 35.5 Å². The Labute approximate surface area is 176 Å². The molecule has 0 atom stereocenters. The number of ether oxygens (including phenoxy) is 2. The molecule has 0 spiro atoms. The molecular formula is C22H19N3O4S. The van der Waals surface area contributed by atoms with E-state index in [2.05, 4.69) is 5.10 Å². The lowest BCUT2D eigenvalue weighted by molar-refractivity contribution is 0.0483. The van der Waals surface area contributed by atoms with E-state index in [0.29, 0.717) is 40.4 Å². The molecule has 8 heteroatoms. The number of esters is 1. The summed E-state index contributed by atoms with van der Waals surface area (Å²) in [6.07, 6.45) is 2.18. The van der Waals surface area contributed by atoms with E-state index in [1.165, 1.54) is 7.11 Å². The zero-order chi connectivity index (χ0) is 20.8. The van der Waals surface area contributed by atoms with Gasteiger partial charge in [-0.05, 0) is 48.4 Å². The highest BCUT2D eigenvalue weighted by molar-refractivity contribution is 7.22. The second-order valence-electron chi connectivity index (χ2n) is 7.33. The van der Waals surface area contributed by atoms with Gasteiger partial charge in [0.2, 0.25) is 0 Å². The lowest BCUT2D eigenvalue weighted by atomic mass is 10.1. The van der Waals surface area contributed by atoms with Crippen LogP contribution in [0.5, 0.6) is 5.75 Å². The average molecular weight is 421 g/mol. The Morgan fingerprint density at radius 3 is 2.73 bits per heavy atom. The summed E-state index contributed by atoms with van der Waals surface area (Å²) in [7, 11) is 1.49. The second-order valence-corrected chi connectivity index (χ2v) is 8.41. The van der Waals surface area contributed by atoms with Gasteiger partial charge in [-0.2, -0.15) is 9.78 Å². The summed E-state index contributed by atoms with van der Waals surface area (Å²) in [5.74, 6) is 0.332. The molecule has 2 N–H and O–H groups in total. The largest absolute Gasteiger partial charge is 0.495 e. The molecule has 7 nitrogen and oxygen atoms in total. The van der Waals surface area contributed by atoms with Gasteiger partial charge in [0.25, 0.3) is 0 Å². The van der Waals surface area contributed by atoms with E-state index in [0.717, 1.165) is 32.5 Å². The van der Waals surface area contributed by atoms with E-state index < -0.39 is 12.0 Å². The summed E-state index contributed by atoms with van der Waals surface area (Å²) in [4.78, 5) is 25.6. The number of benzene rings is 2. The zero-order valence-electron chi connectivity index (χ0n) is 16.3. The summed E-state index contributed by atoms with van der Waals surface area (Å²) in [6.45, 7) is 0.406. The van der Waals surface area contributed by atoms with Crippen molar-refractivity contribution in [2.24, 2.45) is 11.7 Å². The quantitative estimate of drug-likeness (QED) is 0.481. The second kappa shape index (κ2) is 7.14. The number of primary amides is 1. The third-order valence-corrected chi connectivity index (χ3v) is 6.36. The van der Waals surface area contributed by atoms with Crippen molar-refractivity contribution in [1.82, 2.24) is 9.78 Å². The summed E-state index contributed by atoms with van der Waals surface area (Å²) < 4.78 is 13.3. The molecule has 1 aliphatic carbocycles.